The Labute approximate surface area is 106 Å². The third-order valence-corrected chi connectivity index (χ3v) is 4.27. The van der Waals surface area contributed by atoms with Gasteiger partial charge in [-0.05, 0) is 24.6 Å². The number of primary amides is 1. The predicted molar refractivity (Wildman–Crippen MR) is 66.1 cm³/mol. The maximum Gasteiger partial charge on any atom is 0.243 e. The number of carbonyl (C=O) groups is 1. The molecular weight excluding hydrogens is 256 g/mol. The first-order valence-electron chi connectivity index (χ1n) is 5.28. The second-order valence-corrected chi connectivity index (χ2v) is 6.02. The third-order valence-electron chi connectivity index (χ3n) is 2.45. The Morgan fingerprint density at radius 2 is 1.89 bits per heavy atom. The van der Waals surface area contributed by atoms with E-state index >= 15 is 0 Å². The first-order chi connectivity index (χ1) is 8.25. The fourth-order valence-corrected chi connectivity index (χ4v) is 2.54. The van der Waals surface area contributed by atoms with Gasteiger partial charge < -0.3 is 10.8 Å². The average molecular weight is 272 g/mol. The van der Waals surface area contributed by atoms with Crippen molar-refractivity contribution in [2.75, 3.05) is 13.6 Å². The molecule has 0 spiro atoms. The van der Waals surface area contributed by atoms with Crippen LogP contribution >= 0.6 is 0 Å². The number of nitrogens with zero attached hydrogens (tertiary/aromatic N) is 1. The Kier molecular flexibility index (Phi) is 4.44. The molecule has 0 bridgehead atoms. The van der Waals surface area contributed by atoms with Crippen LogP contribution in [0.5, 0.6) is 0 Å². The lowest BCUT2D eigenvalue weighted by molar-refractivity contribution is -0.118. The molecule has 0 aromatic heterocycles. The molecule has 0 fully saturated rings. The van der Waals surface area contributed by atoms with Crippen LogP contribution in [0.3, 0.4) is 0 Å². The zero-order chi connectivity index (χ0) is 13.9. The first-order valence-corrected chi connectivity index (χ1v) is 6.72. The lowest BCUT2D eigenvalue weighted by atomic mass is 10.1. The second-order valence-electron chi connectivity index (χ2n) is 3.97. The molecule has 0 heterocycles. The normalized spacial score (nSPS) is 13.6. The standard InChI is InChI=1S/C11H16N2O4S/c1-8(14)9-3-5-10(6-4-9)18(16,17)13(2)7-11(12)15/h3-6,8,14H,7H2,1-2H3,(H2,12,15). The van der Waals surface area contributed by atoms with Crippen molar-refractivity contribution in [3.8, 4) is 0 Å². The molecule has 0 saturated carbocycles. The number of rotatable bonds is 5. The van der Waals surface area contributed by atoms with Crippen molar-refractivity contribution in [3.63, 3.8) is 0 Å². The highest BCUT2D eigenvalue weighted by Crippen LogP contribution is 2.18. The maximum atomic E-state index is 12.0. The highest BCUT2D eigenvalue weighted by molar-refractivity contribution is 7.89. The Hall–Kier alpha value is -1.44. The molecule has 0 aliphatic rings. The minimum atomic E-state index is -3.73. The van der Waals surface area contributed by atoms with E-state index in [2.05, 4.69) is 0 Å². The van der Waals surface area contributed by atoms with E-state index in [0.29, 0.717) is 5.56 Å². The summed E-state index contributed by atoms with van der Waals surface area (Å²) in [5.41, 5.74) is 5.57. The number of carbonyl (C=O) groups excluding carboxylic acids is 1. The molecule has 1 aromatic carbocycles. The number of benzene rings is 1. The summed E-state index contributed by atoms with van der Waals surface area (Å²) in [6.45, 7) is 1.21. The van der Waals surface area contributed by atoms with Gasteiger partial charge in [0.2, 0.25) is 15.9 Å². The summed E-state index contributed by atoms with van der Waals surface area (Å²) in [4.78, 5) is 10.8. The van der Waals surface area contributed by atoms with Gasteiger partial charge in [0.15, 0.2) is 0 Å². The number of aliphatic hydroxyl groups excluding tert-OH is 1. The van der Waals surface area contributed by atoms with Crippen molar-refractivity contribution >= 4 is 15.9 Å². The second kappa shape index (κ2) is 5.47. The SMILES string of the molecule is CC(O)c1ccc(S(=O)(=O)N(C)CC(N)=O)cc1. The molecule has 100 valence electrons. The molecule has 3 N–H and O–H groups in total. The van der Waals surface area contributed by atoms with Gasteiger partial charge in [-0.3, -0.25) is 4.79 Å². The van der Waals surface area contributed by atoms with Crippen molar-refractivity contribution in [1.29, 1.82) is 0 Å². The molecule has 18 heavy (non-hydrogen) atoms. The molecule has 1 atom stereocenters. The summed E-state index contributed by atoms with van der Waals surface area (Å²) in [6, 6.07) is 5.81. The van der Waals surface area contributed by atoms with E-state index in [1.807, 2.05) is 0 Å². The number of hydrogen-bond donors (Lipinski definition) is 2. The number of aliphatic hydroxyl groups is 1. The number of amides is 1. The van der Waals surface area contributed by atoms with Gasteiger partial charge in [-0.2, -0.15) is 4.31 Å². The largest absolute Gasteiger partial charge is 0.389 e. The molecule has 1 rings (SSSR count). The monoisotopic (exact) mass is 272 g/mol. The summed E-state index contributed by atoms with van der Waals surface area (Å²) >= 11 is 0. The van der Waals surface area contributed by atoms with Gasteiger partial charge in [0, 0.05) is 7.05 Å². The number of hydrogen-bond acceptors (Lipinski definition) is 4. The Morgan fingerprint density at radius 3 is 2.28 bits per heavy atom. The topological polar surface area (TPSA) is 101 Å². The van der Waals surface area contributed by atoms with E-state index < -0.39 is 22.0 Å². The molecule has 0 aliphatic carbocycles. The van der Waals surface area contributed by atoms with Crippen molar-refractivity contribution < 1.29 is 18.3 Å². The average Bonchev–Trinajstić information content (AvgIpc) is 2.28. The number of likely N-dealkylation sites (N-methyl/N-ethyl adjacent to an activating group) is 1. The van der Waals surface area contributed by atoms with E-state index in [9.17, 15) is 18.3 Å². The van der Waals surface area contributed by atoms with Gasteiger partial charge in [-0.1, -0.05) is 12.1 Å². The summed E-state index contributed by atoms with van der Waals surface area (Å²) in [5.74, 6) is -0.721. The zero-order valence-electron chi connectivity index (χ0n) is 10.2. The third kappa shape index (κ3) is 3.28. The Bertz CT molecular complexity index is 522. The quantitative estimate of drug-likeness (QED) is 0.778. The van der Waals surface area contributed by atoms with Gasteiger partial charge in [0.1, 0.15) is 0 Å². The minimum absolute atomic E-state index is 0.0515. The fraction of sp³-hybridized carbons (Fsp3) is 0.364. The van der Waals surface area contributed by atoms with Crippen molar-refractivity contribution in [3.05, 3.63) is 29.8 Å². The van der Waals surface area contributed by atoms with Crippen molar-refractivity contribution in [2.45, 2.75) is 17.9 Å². The molecule has 1 unspecified atom stereocenters. The summed E-state index contributed by atoms with van der Waals surface area (Å²) < 4.78 is 24.9. The van der Waals surface area contributed by atoms with Crippen LogP contribution in [0.15, 0.2) is 29.2 Å². The predicted octanol–water partition coefficient (Wildman–Crippen LogP) is -0.154. The van der Waals surface area contributed by atoms with Crippen molar-refractivity contribution in [2.24, 2.45) is 5.73 Å². The van der Waals surface area contributed by atoms with Gasteiger partial charge >= 0.3 is 0 Å². The van der Waals surface area contributed by atoms with Gasteiger partial charge in [0.25, 0.3) is 0 Å². The molecule has 0 radical (unpaired) electrons. The smallest absolute Gasteiger partial charge is 0.243 e. The number of nitrogens with two attached hydrogens (primary N) is 1. The van der Waals surface area contributed by atoms with Crippen molar-refractivity contribution in [1.82, 2.24) is 4.31 Å². The molecular formula is C11H16N2O4S. The van der Waals surface area contributed by atoms with Crippen LogP contribution in [0.4, 0.5) is 0 Å². The maximum absolute atomic E-state index is 12.0. The van der Waals surface area contributed by atoms with E-state index in [1.54, 1.807) is 6.92 Å². The molecule has 1 aromatic rings. The van der Waals surface area contributed by atoms with Crippen LogP contribution < -0.4 is 5.73 Å². The van der Waals surface area contributed by atoms with Crippen LogP contribution in [0.1, 0.15) is 18.6 Å². The summed E-state index contributed by atoms with van der Waals surface area (Å²) in [7, 11) is -2.45. The lowest BCUT2D eigenvalue weighted by Gasteiger charge is -2.15. The Morgan fingerprint density at radius 1 is 1.39 bits per heavy atom. The van der Waals surface area contributed by atoms with E-state index in [-0.39, 0.29) is 11.4 Å². The highest BCUT2D eigenvalue weighted by Gasteiger charge is 2.22. The molecule has 1 amide bonds. The minimum Gasteiger partial charge on any atom is -0.389 e. The van der Waals surface area contributed by atoms with E-state index in [4.69, 9.17) is 5.73 Å². The first kappa shape index (κ1) is 14.6. The molecule has 0 aliphatic heterocycles. The zero-order valence-corrected chi connectivity index (χ0v) is 11.0. The van der Waals surface area contributed by atoms with Gasteiger partial charge in [0.05, 0.1) is 17.5 Å². The van der Waals surface area contributed by atoms with Crippen LogP contribution in [-0.2, 0) is 14.8 Å². The van der Waals surface area contributed by atoms with Crippen LogP contribution in [0, 0.1) is 0 Å². The van der Waals surface area contributed by atoms with Gasteiger partial charge in [-0.15, -0.1) is 0 Å². The number of sulfonamides is 1. The van der Waals surface area contributed by atoms with E-state index in [1.165, 1.54) is 31.3 Å². The summed E-state index contributed by atoms with van der Waals surface area (Å²) in [5, 5.41) is 9.32. The van der Waals surface area contributed by atoms with Gasteiger partial charge in [-0.25, -0.2) is 8.42 Å². The lowest BCUT2D eigenvalue weighted by Crippen LogP contribution is -2.35. The molecule has 0 saturated heterocycles. The molecule has 7 heteroatoms. The summed E-state index contributed by atoms with van der Waals surface area (Å²) in [6.07, 6.45) is -0.662. The van der Waals surface area contributed by atoms with Crippen LogP contribution in [-0.4, -0.2) is 37.3 Å². The van der Waals surface area contributed by atoms with Crippen LogP contribution in [0.2, 0.25) is 0 Å². The highest BCUT2D eigenvalue weighted by atomic mass is 32.2. The fourth-order valence-electron chi connectivity index (χ4n) is 1.40. The molecule has 6 nitrogen and oxygen atoms in total. The Balaban J connectivity index is 3.02. The van der Waals surface area contributed by atoms with Crippen LogP contribution in [0.25, 0.3) is 0 Å². The van der Waals surface area contributed by atoms with E-state index in [0.717, 1.165) is 4.31 Å².